The molecule has 0 heterocycles. The number of fused-ring (bicyclic) bond motifs is 5. The van der Waals surface area contributed by atoms with Crippen molar-refractivity contribution in [2.24, 2.45) is 23.7 Å². The van der Waals surface area contributed by atoms with Crippen LogP contribution in [0.2, 0.25) is 0 Å². The summed E-state index contributed by atoms with van der Waals surface area (Å²) in [5.74, 6) is 4.00. The van der Waals surface area contributed by atoms with Gasteiger partial charge in [0.2, 0.25) is 0 Å². The lowest BCUT2D eigenvalue weighted by Gasteiger charge is -2.28. The van der Waals surface area contributed by atoms with Crippen molar-refractivity contribution >= 4 is 0 Å². The van der Waals surface area contributed by atoms with Gasteiger partial charge in [0.05, 0.1) is 0 Å². The van der Waals surface area contributed by atoms with Crippen LogP contribution in [0.5, 0.6) is 0 Å². The van der Waals surface area contributed by atoms with Gasteiger partial charge in [-0.2, -0.15) is 0 Å². The molecule has 3 aliphatic rings. The molecule has 0 saturated heterocycles. The zero-order chi connectivity index (χ0) is 8.67. The van der Waals surface area contributed by atoms with Crippen molar-refractivity contribution in [1.29, 1.82) is 0 Å². The van der Waals surface area contributed by atoms with E-state index in [1.165, 1.54) is 32.1 Å². The van der Waals surface area contributed by atoms with Crippen molar-refractivity contribution < 1.29 is 0 Å². The molecule has 4 unspecified atom stereocenters. The third kappa shape index (κ3) is 1.19. The zero-order valence-electron chi connectivity index (χ0n) is 8.15. The van der Waals surface area contributed by atoms with E-state index in [0.29, 0.717) is 0 Å². The molecule has 0 aliphatic heterocycles. The third-order valence-electron chi connectivity index (χ3n) is 4.30. The Kier molecular flexibility index (Phi) is 1.81. The average Bonchev–Trinajstić information content (AvgIpc) is 2.62. The van der Waals surface area contributed by atoms with E-state index in [9.17, 15) is 0 Å². The van der Waals surface area contributed by atoms with Gasteiger partial charge in [-0.3, -0.25) is 0 Å². The number of hydrogen-bond donors (Lipinski definition) is 0. The first-order chi connectivity index (χ1) is 6.45. The van der Waals surface area contributed by atoms with Crippen LogP contribution in [0.25, 0.3) is 0 Å². The van der Waals surface area contributed by atoms with Crippen LogP contribution in [0.4, 0.5) is 0 Å². The Hall–Kier alpha value is -0.520. The Labute approximate surface area is 80.7 Å². The molecule has 0 aromatic heterocycles. The van der Waals surface area contributed by atoms with Gasteiger partial charge in [0, 0.05) is 0 Å². The Balaban J connectivity index is 1.83. The van der Waals surface area contributed by atoms with E-state index in [4.69, 9.17) is 0 Å². The van der Waals surface area contributed by atoms with Crippen molar-refractivity contribution in [3.05, 3.63) is 24.3 Å². The molecule has 3 aliphatic carbocycles. The fourth-order valence-corrected chi connectivity index (χ4v) is 3.70. The van der Waals surface area contributed by atoms with E-state index in [2.05, 4.69) is 24.3 Å². The highest BCUT2D eigenvalue weighted by Crippen LogP contribution is 2.51. The lowest BCUT2D eigenvalue weighted by molar-refractivity contribution is 0.274. The Morgan fingerprint density at radius 1 is 0.769 bits per heavy atom. The summed E-state index contributed by atoms with van der Waals surface area (Å²) in [6.45, 7) is 0. The van der Waals surface area contributed by atoms with Crippen molar-refractivity contribution in [3.63, 3.8) is 0 Å². The van der Waals surface area contributed by atoms with Gasteiger partial charge < -0.3 is 0 Å². The van der Waals surface area contributed by atoms with Crippen molar-refractivity contribution in [2.75, 3.05) is 0 Å². The van der Waals surface area contributed by atoms with Crippen molar-refractivity contribution in [2.45, 2.75) is 32.1 Å². The van der Waals surface area contributed by atoms with Crippen molar-refractivity contribution in [3.8, 4) is 0 Å². The summed E-state index contributed by atoms with van der Waals surface area (Å²) in [4.78, 5) is 0. The Bertz CT molecular complexity index is 225. The fourth-order valence-electron chi connectivity index (χ4n) is 3.70. The minimum atomic E-state index is 0.960. The summed E-state index contributed by atoms with van der Waals surface area (Å²) in [5, 5.41) is 0. The standard InChI is InChI=1S/C13H18/c1-2-4-6-13-11-8-7-10(9-11)12(13)5-3-1/h1-2,7-8,10-13H,3-6,9H2/b2-1-. The molecule has 0 N–H and O–H groups in total. The van der Waals surface area contributed by atoms with E-state index in [-0.39, 0.29) is 0 Å². The fraction of sp³-hybridized carbons (Fsp3) is 0.692. The normalized spacial score (nSPS) is 49.8. The average molecular weight is 174 g/mol. The highest BCUT2D eigenvalue weighted by molar-refractivity contribution is 5.14. The van der Waals surface area contributed by atoms with Crippen LogP contribution in [0.15, 0.2) is 24.3 Å². The predicted octanol–water partition coefficient (Wildman–Crippen LogP) is 3.55. The van der Waals surface area contributed by atoms with Crippen LogP contribution in [-0.4, -0.2) is 0 Å². The second-order valence-corrected chi connectivity index (χ2v) is 4.90. The van der Waals surface area contributed by atoms with Crippen LogP contribution in [0.3, 0.4) is 0 Å². The first-order valence-electron chi connectivity index (χ1n) is 5.78. The van der Waals surface area contributed by atoms with Gasteiger partial charge in [0.1, 0.15) is 0 Å². The third-order valence-corrected chi connectivity index (χ3v) is 4.30. The van der Waals surface area contributed by atoms with E-state index in [1.807, 2.05) is 0 Å². The molecule has 0 spiro atoms. The van der Waals surface area contributed by atoms with E-state index < -0.39 is 0 Å². The molecule has 4 atom stereocenters. The minimum Gasteiger partial charge on any atom is -0.0885 e. The second kappa shape index (κ2) is 3.01. The maximum atomic E-state index is 2.50. The minimum absolute atomic E-state index is 0.960. The maximum Gasteiger partial charge on any atom is -0.0196 e. The summed E-state index contributed by atoms with van der Waals surface area (Å²) in [6.07, 6.45) is 16.8. The molecule has 1 fully saturated rings. The molecular weight excluding hydrogens is 156 g/mol. The first kappa shape index (κ1) is 7.84. The largest absolute Gasteiger partial charge is 0.0885 e. The number of allylic oxidation sites excluding steroid dienone is 4. The van der Waals surface area contributed by atoms with Gasteiger partial charge in [-0.25, -0.2) is 0 Å². The molecule has 0 heteroatoms. The zero-order valence-corrected chi connectivity index (χ0v) is 8.15. The van der Waals surface area contributed by atoms with Gasteiger partial charge in [-0.05, 0) is 55.8 Å². The molecule has 70 valence electrons. The van der Waals surface area contributed by atoms with Crippen LogP contribution in [0.1, 0.15) is 32.1 Å². The predicted molar refractivity (Wildman–Crippen MR) is 55.3 cm³/mol. The topological polar surface area (TPSA) is 0 Å². The Morgan fingerprint density at radius 2 is 1.31 bits per heavy atom. The maximum absolute atomic E-state index is 2.50. The molecule has 2 bridgehead atoms. The second-order valence-electron chi connectivity index (χ2n) is 4.90. The molecule has 0 aromatic carbocycles. The highest BCUT2D eigenvalue weighted by atomic mass is 14.5. The monoisotopic (exact) mass is 174 g/mol. The van der Waals surface area contributed by atoms with E-state index >= 15 is 0 Å². The molecule has 3 rings (SSSR count). The van der Waals surface area contributed by atoms with Crippen LogP contribution in [0, 0.1) is 23.7 Å². The lowest BCUT2D eigenvalue weighted by atomic mass is 9.77. The summed E-state index contributed by atoms with van der Waals surface area (Å²) >= 11 is 0. The van der Waals surface area contributed by atoms with Gasteiger partial charge in [-0.15, -0.1) is 0 Å². The quantitative estimate of drug-likeness (QED) is 0.493. The smallest absolute Gasteiger partial charge is 0.0196 e. The molecule has 0 radical (unpaired) electrons. The van der Waals surface area contributed by atoms with Crippen molar-refractivity contribution in [1.82, 2.24) is 0 Å². The summed E-state index contributed by atoms with van der Waals surface area (Å²) in [5.41, 5.74) is 0. The van der Waals surface area contributed by atoms with Gasteiger partial charge in [0.25, 0.3) is 0 Å². The number of hydrogen-bond acceptors (Lipinski definition) is 0. The SMILES string of the molecule is C1=CC2CC1C1CC/C=C\CCC21. The van der Waals surface area contributed by atoms with Gasteiger partial charge >= 0.3 is 0 Å². The summed E-state index contributed by atoms with van der Waals surface area (Å²) in [7, 11) is 0. The van der Waals surface area contributed by atoms with Gasteiger partial charge in [-0.1, -0.05) is 24.3 Å². The highest BCUT2D eigenvalue weighted by Gasteiger charge is 2.43. The summed E-state index contributed by atoms with van der Waals surface area (Å²) in [6, 6.07) is 0. The van der Waals surface area contributed by atoms with Crippen LogP contribution in [-0.2, 0) is 0 Å². The van der Waals surface area contributed by atoms with E-state index in [0.717, 1.165) is 23.7 Å². The molecule has 0 aromatic rings. The van der Waals surface area contributed by atoms with E-state index in [1.54, 1.807) is 0 Å². The molecule has 0 nitrogen and oxygen atoms in total. The van der Waals surface area contributed by atoms with Crippen LogP contribution < -0.4 is 0 Å². The summed E-state index contributed by atoms with van der Waals surface area (Å²) < 4.78 is 0. The first-order valence-corrected chi connectivity index (χ1v) is 5.78. The molecule has 1 saturated carbocycles. The van der Waals surface area contributed by atoms with Gasteiger partial charge in [0.15, 0.2) is 0 Å². The van der Waals surface area contributed by atoms with Crippen LogP contribution >= 0.6 is 0 Å². The Morgan fingerprint density at radius 3 is 1.85 bits per heavy atom. The lowest BCUT2D eigenvalue weighted by Crippen LogP contribution is -2.20. The molecule has 13 heavy (non-hydrogen) atoms. The molecule has 0 amide bonds. The molecular formula is C13H18. The number of rotatable bonds is 0.